The first-order valence-corrected chi connectivity index (χ1v) is 6.60. The number of hydrogen-bond donors (Lipinski definition) is 3. The second-order valence-corrected chi connectivity index (χ2v) is 5.32. The molecule has 4 N–H and O–H groups in total. The predicted octanol–water partition coefficient (Wildman–Crippen LogP) is 0.541. The summed E-state index contributed by atoms with van der Waals surface area (Å²) in [4.78, 5) is 14.1. The van der Waals surface area contributed by atoms with E-state index in [0.717, 1.165) is 6.54 Å². The third-order valence-electron chi connectivity index (χ3n) is 2.41. The van der Waals surface area contributed by atoms with Gasteiger partial charge in [0.05, 0.1) is 0 Å². The molecule has 0 unspecified atom stereocenters. The molecule has 19 heavy (non-hydrogen) atoms. The summed E-state index contributed by atoms with van der Waals surface area (Å²) < 4.78 is 4.35. The number of anilines is 1. The molecule has 0 spiro atoms. The highest BCUT2D eigenvalue weighted by Crippen LogP contribution is 2.14. The fourth-order valence-electron chi connectivity index (χ4n) is 1.49. The van der Waals surface area contributed by atoms with Crippen LogP contribution in [0.1, 0.15) is 20.2 Å². The van der Waals surface area contributed by atoms with Crippen LogP contribution in [0.2, 0.25) is 0 Å². The van der Waals surface area contributed by atoms with E-state index in [1.54, 1.807) is 11.3 Å². The summed E-state index contributed by atoms with van der Waals surface area (Å²) in [5.74, 6) is -0.382. The molecule has 0 saturated carbocycles. The first kappa shape index (κ1) is 13.5. The van der Waals surface area contributed by atoms with Crippen molar-refractivity contribution in [3.63, 3.8) is 0 Å². The van der Waals surface area contributed by atoms with Crippen molar-refractivity contribution < 1.29 is 9.42 Å². The van der Waals surface area contributed by atoms with Gasteiger partial charge in [-0.2, -0.15) is 0 Å². The average molecular weight is 281 g/mol. The highest BCUT2D eigenvalue weighted by atomic mass is 32.1. The van der Waals surface area contributed by atoms with E-state index in [1.807, 2.05) is 0 Å². The molecule has 7 nitrogen and oxygen atoms in total. The van der Waals surface area contributed by atoms with Gasteiger partial charge in [-0.25, -0.2) is 4.63 Å². The van der Waals surface area contributed by atoms with Crippen LogP contribution >= 0.6 is 11.3 Å². The molecule has 0 bridgehead atoms. The lowest BCUT2D eigenvalue weighted by molar-refractivity contribution is 0.0944. The third-order valence-corrected chi connectivity index (χ3v) is 3.41. The SMILES string of the molecule is Cc1ccc(CNCCNC(=O)c2nonc2N)s1. The van der Waals surface area contributed by atoms with Gasteiger partial charge in [-0.3, -0.25) is 4.79 Å². The molecule has 0 saturated heterocycles. The molecule has 2 aromatic heterocycles. The van der Waals surface area contributed by atoms with Gasteiger partial charge in [-0.15, -0.1) is 11.3 Å². The summed E-state index contributed by atoms with van der Waals surface area (Å²) in [6, 6.07) is 4.18. The van der Waals surface area contributed by atoms with Crippen molar-refractivity contribution in [2.24, 2.45) is 0 Å². The number of aryl methyl sites for hydroxylation is 1. The van der Waals surface area contributed by atoms with Crippen LogP contribution < -0.4 is 16.4 Å². The van der Waals surface area contributed by atoms with Crippen molar-refractivity contribution in [3.05, 3.63) is 27.6 Å². The zero-order chi connectivity index (χ0) is 13.7. The minimum Gasteiger partial charge on any atom is -0.379 e. The summed E-state index contributed by atoms with van der Waals surface area (Å²) >= 11 is 1.76. The smallest absolute Gasteiger partial charge is 0.277 e. The lowest BCUT2D eigenvalue weighted by Crippen LogP contribution is -2.32. The fraction of sp³-hybridized carbons (Fsp3) is 0.364. The Morgan fingerprint density at radius 3 is 2.89 bits per heavy atom. The predicted molar refractivity (Wildman–Crippen MR) is 71.8 cm³/mol. The Balaban J connectivity index is 1.64. The Morgan fingerprint density at radius 2 is 2.26 bits per heavy atom. The minimum absolute atomic E-state index is 0.000444. The van der Waals surface area contributed by atoms with E-state index >= 15 is 0 Å². The molecule has 0 aliphatic heterocycles. The van der Waals surface area contributed by atoms with E-state index in [9.17, 15) is 4.79 Å². The fourth-order valence-corrected chi connectivity index (χ4v) is 2.35. The largest absolute Gasteiger partial charge is 0.379 e. The van der Waals surface area contributed by atoms with Gasteiger partial charge in [0.25, 0.3) is 5.91 Å². The van der Waals surface area contributed by atoms with Crippen LogP contribution in [0, 0.1) is 6.92 Å². The molecule has 0 fully saturated rings. The monoisotopic (exact) mass is 281 g/mol. The highest BCUT2D eigenvalue weighted by Gasteiger charge is 2.14. The second-order valence-electron chi connectivity index (χ2n) is 3.94. The molecular formula is C11H15N5O2S. The van der Waals surface area contributed by atoms with Crippen LogP contribution in [0.25, 0.3) is 0 Å². The highest BCUT2D eigenvalue weighted by molar-refractivity contribution is 7.11. The maximum absolute atomic E-state index is 11.6. The van der Waals surface area contributed by atoms with Crippen LogP contribution in [0.5, 0.6) is 0 Å². The van der Waals surface area contributed by atoms with Crippen LogP contribution in [-0.2, 0) is 6.54 Å². The average Bonchev–Trinajstić information content (AvgIpc) is 2.97. The number of nitrogens with zero attached hydrogens (tertiary/aromatic N) is 2. The van der Waals surface area contributed by atoms with Crippen molar-refractivity contribution >= 4 is 23.1 Å². The number of nitrogens with one attached hydrogen (secondary N) is 2. The second kappa shape index (κ2) is 6.30. The number of amides is 1. The molecule has 0 aromatic carbocycles. The third kappa shape index (κ3) is 3.76. The number of nitrogens with two attached hydrogens (primary N) is 1. The van der Waals surface area contributed by atoms with Gasteiger partial charge in [-0.1, -0.05) is 0 Å². The van der Waals surface area contributed by atoms with E-state index in [1.165, 1.54) is 9.75 Å². The van der Waals surface area contributed by atoms with Gasteiger partial charge in [0.1, 0.15) is 0 Å². The maximum Gasteiger partial charge on any atom is 0.277 e. The molecular weight excluding hydrogens is 266 g/mol. The number of thiophene rings is 1. The Labute approximate surface area is 114 Å². The standard InChI is InChI=1S/C11H15N5O2S/c1-7-2-3-8(19-7)6-13-4-5-14-11(17)9-10(12)16-18-15-9/h2-3,13H,4-6H2,1H3,(H2,12,16)(H,14,17). The number of nitrogen functional groups attached to an aromatic ring is 1. The van der Waals surface area contributed by atoms with E-state index in [0.29, 0.717) is 13.1 Å². The number of hydrogen-bond acceptors (Lipinski definition) is 7. The van der Waals surface area contributed by atoms with Crippen molar-refractivity contribution in [2.45, 2.75) is 13.5 Å². The maximum atomic E-state index is 11.6. The Bertz CT molecular complexity index is 551. The van der Waals surface area contributed by atoms with Gasteiger partial charge in [0, 0.05) is 29.4 Å². The van der Waals surface area contributed by atoms with Crippen molar-refractivity contribution in [2.75, 3.05) is 18.8 Å². The molecule has 2 rings (SSSR count). The molecule has 0 atom stereocenters. The van der Waals surface area contributed by atoms with Crippen LogP contribution in [0.15, 0.2) is 16.8 Å². The number of carbonyl (C=O) groups excluding carboxylic acids is 1. The summed E-state index contributed by atoms with van der Waals surface area (Å²) in [5, 5.41) is 12.7. The van der Waals surface area contributed by atoms with Gasteiger partial charge in [0.2, 0.25) is 11.5 Å². The number of rotatable bonds is 6. The molecule has 0 radical (unpaired) electrons. The quantitative estimate of drug-likeness (QED) is 0.667. The summed E-state index contributed by atoms with van der Waals surface area (Å²) in [6.45, 7) is 4.01. The zero-order valence-corrected chi connectivity index (χ0v) is 11.3. The molecule has 0 aliphatic rings. The topological polar surface area (TPSA) is 106 Å². The number of aromatic nitrogens is 2. The molecule has 2 heterocycles. The molecule has 8 heteroatoms. The van der Waals surface area contributed by atoms with E-state index < -0.39 is 0 Å². The zero-order valence-electron chi connectivity index (χ0n) is 10.5. The van der Waals surface area contributed by atoms with Crippen LogP contribution in [0.3, 0.4) is 0 Å². The summed E-state index contributed by atoms with van der Waals surface area (Å²) in [7, 11) is 0. The Kier molecular flexibility index (Phi) is 4.48. The molecule has 0 aliphatic carbocycles. The van der Waals surface area contributed by atoms with Crippen LogP contribution in [-0.4, -0.2) is 29.3 Å². The van der Waals surface area contributed by atoms with Crippen molar-refractivity contribution in [1.82, 2.24) is 20.9 Å². The van der Waals surface area contributed by atoms with Gasteiger partial charge >= 0.3 is 0 Å². The molecule has 102 valence electrons. The first-order chi connectivity index (χ1) is 9.16. The Morgan fingerprint density at radius 1 is 1.42 bits per heavy atom. The van der Waals surface area contributed by atoms with Crippen molar-refractivity contribution in [3.8, 4) is 0 Å². The van der Waals surface area contributed by atoms with Crippen molar-refractivity contribution in [1.29, 1.82) is 0 Å². The van der Waals surface area contributed by atoms with Gasteiger partial charge in [-0.05, 0) is 29.4 Å². The first-order valence-electron chi connectivity index (χ1n) is 5.79. The normalized spacial score (nSPS) is 10.6. The Hall–Kier alpha value is -1.93. The van der Waals surface area contributed by atoms with E-state index in [4.69, 9.17) is 5.73 Å². The lowest BCUT2D eigenvalue weighted by atomic mass is 10.4. The number of carbonyl (C=O) groups is 1. The van der Waals surface area contributed by atoms with Crippen LogP contribution in [0.4, 0.5) is 5.82 Å². The van der Waals surface area contributed by atoms with Gasteiger partial charge < -0.3 is 16.4 Å². The van der Waals surface area contributed by atoms with Gasteiger partial charge in [0.15, 0.2) is 0 Å². The molecule has 2 aromatic rings. The molecule has 1 amide bonds. The summed E-state index contributed by atoms with van der Waals surface area (Å²) in [6.07, 6.45) is 0. The lowest BCUT2D eigenvalue weighted by Gasteiger charge is -2.04. The van der Waals surface area contributed by atoms with E-state index in [-0.39, 0.29) is 17.4 Å². The minimum atomic E-state index is -0.382. The van der Waals surface area contributed by atoms with E-state index in [2.05, 4.69) is 44.6 Å². The summed E-state index contributed by atoms with van der Waals surface area (Å²) in [5.41, 5.74) is 5.43.